The molecule has 4 nitrogen and oxygen atoms in total. The van der Waals surface area contributed by atoms with Crippen molar-refractivity contribution in [3.8, 4) is 0 Å². The van der Waals surface area contributed by atoms with E-state index in [1.807, 2.05) is 12.1 Å². The van der Waals surface area contributed by atoms with Crippen molar-refractivity contribution < 1.29 is 5.11 Å². The van der Waals surface area contributed by atoms with Crippen LogP contribution in [0.15, 0.2) is 36.9 Å². The number of aromatic nitrogens is 3. The highest BCUT2D eigenvalue weighted by Crippen LogP contribution is 2.47. The average Bonchev–Trinajstić information content (AvgIpc) is 3.01. The van der Waals surface area contributed by atoms with Crippen LogP contribution in [0.1, 0.15) is 45.1 Å². The summed E-state index contributed by atoms with van der Waals surface area (Å²) < 4.78 is 1.77. The Labute approximate surface area is 148 Å². The lowest BCUT2D eigenvalue weighted by Gasteiger charge is -2.46. The molecule has 1 aliphatic rings. The third kappa shape index (κ3) is 3.50. The normalized spacial score (nSPS) is 26.9. The van der Waals surface area contributed by atoms with Crippen LogP contribution in [-0.2, 0) is 13.0 Å². The van der Waals surface area contributed by atoms with Crippen molar-refractivity contribution in [2.45, 2.75) is 58.1 Å². The smallest absolute Gasteiger partial charge is 0.137 e. The lowest BCUT2D eigenvalue weighted by molar-refractivity contribution is -0.124. The molecule has 0 amide bonds. The van der Waals surface area contributed by atoms with Gasteiger partial charge in [0, 0.05) is 5.02 Å². The Hall–Kier alpha value is -1.39. The molecule has 1 heterocycles. The summed E-state index contributed by atoms with van der Waals surface area (Å²) in [7, 11) is 0. The highest BCUT2D eigenvalue weighted by molar-refractivity contribution is 6.30. The van der Waals surface area contributed by atoms with Crippen LogP contribution in [0.5, 0.6) is 0 Å². The zero-order chi connectivity index (χ0) is 17.2. The number of hydrogen-bond donors (Lipinski definition) is 1. The first kappa shape index (κ1) is 17.4. The minimum absolute atomic E-state index is 0.174. The Morgan fingerprint density at radius 3 is 2.67 bits per heavy atom. The van der Waals surface area contributed by atoms with E-state index in [1.54, 1.807) is 11.0 Å². The third-order valence-corrected chi connectivity index (χ3v) is 5.97. The molecule has 1 fully saturated rings. The molecule has 5 heteroatoms. The van der Waals surface area contributed by atoms with Crippen molar-refractivity contribution in [3.63, 3.8) is 0 Å². The zero-order valence-electron chi connectivity index (χ0n) is 14.5. The van der Waals surface area contributed by atoms with Crippen LogP contribution in [0.3, 0.4) is 0 Å². The summed E-state index contributed by atoms with van der Waals surface area (Å²) >= 11 is 6.01. The molecule has 3 rings (SSSR count). The zero-order valence-corrected chi connectivity index (χ0v) is 15.2. The quantitative estimate of drug-likeness (QED) is 0.846. The maximum atomic E-state index is 11.8. The number of halogens is 1. The monoisotopic (exact) mass is 347 g/mol. The molecule has 0 radical (unpaired) electrons. The fourth-order valence-corrected chi connectivity index (χ4v) is 4.17. The van der Waals surface area contributed by atoms with E-state index in [2.05, 4.69) is 36.1 Å². The second kappa shape index (κ2) is 6.85. The molecule has 0 unspecified atom stereocenters. The summed E-state index contributed by atoms with van der Waals surface area (Å²) in [6.45, 7) is 4.85. The molecule has 0 bridgehead atoms. The molecule has 1 aliphatic carbocycles. The Bertz CT molecular complexity index is 654. The predicted octanol–water partition coefficient (Wildman–Crippen LogP) is 4.12. The Balaban J connectivity index is 1.91. The number of benzene rings is 1. The summed E-state index contributed by atoms with van der Waals surface area (Å²) in [5.41, 5.74) is 0.225. The van der Waals surface area contributed by atoms with Gasteiger partial charge in [0.1, 0.15) is 12.7 Å². The SMILES string of the molecule is CC1(C)CCCC[C@H](Cc2ccc(Cl)cc2)[C@@]1(O)Cn1cncn1. The van der Waals surface area contributed by atoms with Gasteiger partial charge in [-0.2, -0.15) is 5.10 Å². The van der Waals surface area contributed by atoms with Gasteiger partial charge in [-0.15, -0.1) is 0 Å². The lowest BCUT2D eigenvalue weighted by Crippen LogP contribution is -2.53. The van der Waals surface area contributed by atoms with Gasteiger partial charge < -0.3 is 5.11 Å². The Morgan fingerprint density at radius 1 is 1.25 bits per heavy atom. The van der Waals surface area contributed by atoms with Gasteiger partial charge >= 0.3 is 0 Å². The predicted molar refractivity (Wildman–Crippen MR) is 95.9 cm³/mol. The lowest BCUT2D eigenvalue weighted by atomic mass is 9.65. The van der Waals surface area contributed by atoms with Crippen molar-refractivity contribution in [1.29, 1.82) is 0 Å². The molecule has 1 N–H and O–H groups in total. The molecule has 1 aromatic heterocycles. The van der Waals surface area contributed by atoms with Crippen LogP contribution in [0.2, 0.25) is 5.02 Å². The van der Waals surface area contributed by atoms with Crippen molar-refractivity contribution in [2.24, 2.45) is 11.3 Å². The number of aliphatic hydroxyl groups is 1. The van der Waals surface area contributed by atoms with E-state index >= 15 is 0 Å². The molecule has 2 aromatic rings. The Morgan fingerprint density at radius 2 is 2.00 bits per heavy atom. The minimum Gasteiger partial charge on any atom is -0.387 e. The van der Waals surface area contributed by atoms with Crippen LogP contribution < -0.4 is 0 Å². The van der Waals surface area contributed by atoms with Gasteiger partial charge in [0.2, 0.25) is 0 Å². The molecule has 0 spiro atoms. The molecule has 24 heavy (non-hydrogen) atoms. The van der Waals surface area contributed by atoms with Crippen LogP contribution in [-0.4, -0.2) is 25.5 Å². The summed E-state index contributed by atoms with van der Waals surface area (Å²) in [5, 5.41) is 16.8. The molecule has 0 saturated heterocycles. The maximum Gasteiger partial charge on any atom is 0.137 e. The minimum atomic E-state index is -0.823. The molecular formula is C19H26ClN3O. The first-order valence-electron chi connectivity index (χ1n) is 8.70. The van der Waals surface area contributed by atoms with Crippen molar-refractivity contribution in [1.82, 2.24) is 14.8 Å². The number of nitrogens with zero attached hydrogens (tertiary/aromatic N) is 3. The van der Waals surface area contributed by atoms with Crippen molar-refractivity contribution >= 4 is 11.6 Å². The second-order valence-electron chi connectivity index (χ2n) is 7.67. The average molecular weight is 348 g/mol. The summed E-state index contributed by atoms with van der Waals surface area (Å²) in [6.07, 6.45) is 8.43. The van der Waals surface area contributed by atoms with Gasteiger partial charge in [0.05, 0.1) is 12.1 Å². The summed E-state index contributed by atoms with van der Waals surface area (Å²) in [6, 6.07) is 7.98. The summed E-state index contributed by atoms with van der Waals surface area (Å²) in [5.74, 6) is 0.181. The topological polar surface area (TPSA) is 50.9 Å². The molecule has 130 valence electrons. The maximum absolute atomic E-state index is 11.8. The highest BCUT2D eigenvalue weighted by atomic mass is 35.5. The first-order chi connectivity index (χ1) is 11.4. The molecule has 1 saturated carbocycles. The largest absolute Gasteiger partial charge is 0.387 e. The molecule has 1 aromatic carbocycles. The van der Waals surface area contributed by atoms with Crippen LogP contribution in [0.25, 0.3) is 0 Å². The summed E-state index contributed by atoms with van der Waals surface area (Å²) in [4.78, 5) is 4.03. The van der Waals surface area contributed by atoms with Crippen LogP contribution >= 0.6 is 11.6 Å². The van der Waals surface area contributed by atoms with E-state index in [-0.39, 0.29) is 11.3 Å². The fraction of sp³-hybridized carbons (Fsp3) is 0.579. The third-order valence-electron chi connectivity index (χ3n) is 5.72. The van der Waals surface area contributed by atoms with E-state index in [0.717, 1.165) is 37.1 Å². The molecule has 0 aliphatic heterocycles. The van der Waals surface area contributed by atoms with E-state index < -0.39 is 5.60 Å². The van der Waals surface area contributed by atoms with E-state index in [4.69, 9.17) is 11.6 Å². The van der Waals surface area contributed by atoms with Gasteiger partial charge in [0.15, 0.2) is 0 Å². The second-order valence-corrected chi connectivity index (χ2v) is 8.11. The van der Waals surface area contributed by atoms with E-state index in [9.17, 15) is 5.11 Å². The van der Waals surface area contributed by atoms with E-state index in [1.165, 1.54) is 11.9 Å². The molecular weight excluding hydrogens is 322 g/mol. The van der Waals surface area contributed by atoms with Crippen molar-refractivity contribution in [2.75, 3.05) is 0 Å². The van der Waals surface area contributed by atoms with Gasteiger partial charge in [-0.1, -0.05) is 50.4 Å². The van der Waals surface area contributed by atoms with E-state index in [0.29, 0.717) is 6.54 Å². The number of hydrogen-bond acceptors (Lipinski definition) is 3. The fourth-order valence-electron chi connectivity index (χ4n) is 4.05. The van der Waals surface area contributed by atoms with Gasteiger partial charge in [0.25, 0.3) is 0 Å². The molecule has 2 atom stereocenters. The standard InChI is InChI=1S/C19H26ClN3O/c1-18(2)10-4-3-5-16(11-15-6-8-17(20)9-7-15)19(18,24)12-23-14-21-13-22-23/h6-9,13-14,16,24H,3-5,10-12H2,1-2H3/t16-,19+/m1/s1. The number of rotatable bonds is 4. The van der Waals surface area contributed by atoms with Gasteiger partial charge in [-0.05, 0) is 48.3 Å². The highest BCUT2D eigenvalue weighted by Gasteiger charge is 2.50. The van der Waals surface area contributed by atoms with Gasteiger partial charge in [-0.25, -0.2) is 4.98 Å². The Kier molecular flexibility index (Phi) is 4.97. The first-order valence-corrected chi connectivity index (χ1v) is 9.08. The van der Waals surface area contributed by atoms with Crippen molar-refractivity contribution in [3.05, 3.63) is 47.5 Å². The van der Waals surface area contributed by atoms with Gasteiger partial charge in [-0.3, -0.25) is 4.68 Å². The van der Waals surface area contributed by atoms with Crippen LogP contribution in [0, 0.1) is 11.3 Å². The van der Waals surface area contributed by atoms with Crippen LogP contribution in [0.4, 0.5) is 0 Å².